The van der Waals surface area contributed by atoms with Crippen LogP contribution >= 0.6 is 0 Å². The van der Waals surface area contributed by atoms with Crippen LogP contribution in [-0.4, -0.2) is 32.9 Å². The average Bonchev–Trinajstić information content (AvgIpc) is 3.10. The molecular weight excluding hydrogens is 331 g/mol. The van der Waals surface area contributed by atoms with Gasteiger partial charge >= 0.3 is 0 Å². The van der Waals surface area contributed by atoms with Crippen LogP contribution in [-0.2, 0) is 6.54 Å². The summed E-state index contributed by atoms with van der Waals surface area (Å²) in [6.07, 6.45) is 2.60. The minimum Gasteiger partial charge on any atom is -0.305 e. The Labute approximate surface area is 150 Å². The van der Waals surface area contributed by atoms with Gasteiger partial charge in [-0.15, -0.1) is 0 Å². The number of benzene rings is 1. The first-order valence-electron chi connectivity index (χ1n) is 8.67. The number of nitrogens with zero attached hydrogens (tertiary/aromatic N) is 3. The van der Waals surface area contributed by atoms with Crippen molar-refractivity contribution in [2.45, 2.75) is 18.9 Å². The van der Waals surface area contributed by atoms with Crippen LogP contribution in [0.5, 0.6) is 0 Å². The van der Waals surface area contributed by atoms with E-state index in [4.69, 9.17) is 0 Å². The largest absolute Gasteiger partial charge is 0.305 e. The summed E-state index contributed by atoms with van der Waals surface area (Å²) in [6, 6.07) is 13.8. The molecule has 1 N–H and O–H groups in total. The van der Waals surface area contributed by atoms with Gasteiger partial charge in [-0.3, -0.25) is 14.7 Å². The number of H-pyrrole nitrogens is 1. The minimum absolute atomic E-state index is 0.167. The number of pyridine rings is 1. The highest BCUT2D eigenvalue weighted by Crippen LogP contribution is 2.27. The molecule has 6 heteroatoms. The Hall–Kier alpha value is -2.86. The summed E-state index contributed by atoms with van der Waals surface area (Å²) in [5.41, 5.74) is 2.23. The molecule has 0 radical (unpaired) electrons. The number of nitrogens with one attached hydrogen (secondary N) is 1. The molecule has 0 amide bonds. The van der Waals surface area contributed by atoms with Gasteiger partial charge in [-0.1, -0.05) is 18.2 Å². The molecule has 26 heavy (non-hydrogen) atoms. The molecule has 3 aromatic rings. The van der Waals surface area contributed by atoms with Crippen molar-refractivity contribution < 1.29 is 4.39 Å². The van der Waals surface area contributed by atoms with Gasteiger partial charge in [0.2, 0.25) is 0 Å². The lowest BCUT2D eigenvalue weighted by Crippen LogP contribution is -2.21. The summed E-state index contributed by atoms with van der Waals surface area (Å²) in [5, 5.41) is 0. The molecule has 1 aliphatic rings. The molecule has 1 fully saturated rings. The molecule has 4 rings (SSSR count). The number of hydrogen-bond acceptors (Lipinski definition) is 4. The SMILES string of the molecule is O=c1cc(C2CCN(Cc3cccc(F)c3)C2)nc(-c2ccccn2)[nH]1. The highest BCUT2D eigenvalue weighted by molar-refractivity contribution is 5.48. The van der Waals surface area contributed by atoms with Crippen LogP contribution < -0.4 is 5.56 Å². The van der Waals surface area contributed by atoms with E-state index in [1.54, 1.807) is 24.4 Å². The van der Waals surface area contributed by atoms with Crippen molar-refractivity contribution in [3.05, 3.63) is 82.2 Å². The van der Waals surface area contributed by atoms with Crippen LogP contribution in [0.4, 0.5) is 4.39 Å². The predicted octanol–water partition coefficient (Wildman–Crippen LogP) is 2.96. The zero-order chi connectivity index (χ0) is 17.9. The second kappa shape index (κ2) is 7.17. The fourth-order valence-corrected chi connectivity index (χ4v) is 3.42. The van der Waals surface area contributed by atoms with Crippen LogP contribution in [0.1, 0.15) is 23.6 Å². The van der Waals surface area contributed by atoms with E-state index in [0.29, 0.717) is 18.1 Å². The zero-order valence-electron chi connectivity index (χ0n) is 14.2. The second-order valence-corrected chi connectivity index (χ2v) is 6.58. The van der Waals surface area contributed by atoms with Crippen molar-refractivity contribution in [2.75, 3.05) is 13.1 Å². The summed E-state index contributed by atoms with van der Waals surface area (Å²) in [5.74, 6) is 0.472. The van der Waals surface area contributed by atoms with E-state index >= 15 is 0 Å². The highest BCUT2D eigenvalue weighted by Gasteiger charge is 2.26. The number of rotatable bonds is 4. The topological polar surface area (TPSA) is 61.9 Å². The van der Waals surface area contributed by atoms with Crippen molar-refractivity contribution in [2.24, 2.45) is 0 Å². The molecule has 1 aliphatic heterocycles. The van der Waals surface area contributed by atoms with Crippen LogP contribution in [0.2, 0.25) is 0 Å². The summed E-state index contributed by atoms with van der Waals surface area (Å²) >= 11 is 0. The van der Waals surface area contributed by atoms with Gasteiger partial charge < -0.3 is 4.98 Å². The van der Waals surface area contributed by atoms with E-state index in [2.05, 4.69) is 19.9 Å². The minimum atomic E-state index is -0.213. The number of aromatic amines is 1. The quantitative estimate of drug-likeness (QED) is 0.786. The Bertz CT molecular complexity index is 957. The normalized spacial score (nSPS) is 17.5. The molecule has 1 aromatic carbocycles. The number of likely N-dealkylation sites (tertiary alicyclic amines) is 1. The van der Waals surface area contributed by atoms with Gasteiger partial charge in [0.1, 0.15) is 11.5 Å². The Morgan fingerprint density at radius 2 is 2.12 bits per heavy atom. The van der Waals surface area contributed by atoms with Gasteiger partial charge in [0.05, 0.1) is 5.69 Å². The van der Waals surface area contributed by atoms with Gasteiger partial charge in [-0.25, -0.2) is 9.37 Å². The molecule has 1 unspecified atom stereocenters. The van der Waals surface area contributed by atoms with E-state index in [1.165, 1.54) is 6.07 Å². The molecule has 0 aliphatic carbocycles. The highest BCUT2D eigenvalue weighted by atomic mass is 19.1. The Morgan fingerprint density at radius 3 is 2.92 bits per heavy atom. The van der Waals surface area contributed by atoms with E-state index in [0.717, 1.165) is 30.8 Å². The van der Waals surface area contributed by atoms with Crippen LogP contribution in [0.15, 0.2) is 59.5 Å². The van der Waals surface area contributed by atoms with Crippen LogP contribution in [0, 0.1) is 5.82 Å². The predicted molar refractivity (Wildman–Crippen MR) is 97.1 cm³/mol. The van der Waals surface area contributed by atoms with Crippen molar-refractivity contribution in [1.82, 2.24) is 19.9 Å². The molecule has 1 atom stereocenters. The van der Waals surface area contributed by atoms with Gasteiger partial charge in [0.25, 0.3) is 5.56 Å². The number of hydrogen-bond donors (Lipinski definition) is 1. The van der Waals surface area contributed by atoms with Crippen molar-refractivity contribution in [1.29, 1.82) is 0 Å². The fraction of sp³-hybridized carbons (Fsp3) is 0.250. The van der Waals surface area contributed by atoms with Crippen LogP contribution in [0.3, 0.4) is 0 Å². The number of aromatic nitrogens is 3. The summed E-state index contributed by atoms with van der Waals surface area (Å²) < 4.78 is 13.4. The van der Waals surface area contributed by atoms with Gasteiger partial charge in [-0.2, -0.15) is 0 Å². The maximum Gasteiger partial charge on any atom is 0.251 e. The average molecular weight is 350 g/mol. The third kappa shape index (κ3) is 3.70. The van der Waals surface area contributed by atoms with Crippen molar-refractivity contribution in [3.63, 3.8) is 0 Å². The van der Waals surface area contributed by atoms with Crippen molar-refractivity contribution in [3.8, 4) is 11.5 Å². The lowest BCUT2D eigenvalue weighted by Gasteiger charge is -2.16. The standard InChI is InChI=1S/C20H19FN4O/c21-16-5-3-4-14(10-16)12-25-9-7-15(13-25)18-11-19(26)24-20(23-18)17-6-1-2-8-22-17/h1-6,8,10-11,15H,7,9,12-13H2,(H,23,24,26). The Morgan fingerprint density at radius 1 is 1.19 bits per heavy atom. The second-order valence-electron chi connectivity index (χ2n) is 6.58. The maximum absolute atomic E-state index is 13.4. The first-order chi connectivity index (χ1) is 12.7. The molecule has 0 spiro atoms. The van der Waals surface area contributed by atoms with Gasteiger partial charge in [-0.05, 0) is 42.8 Å². The van der Waals surface area contributed by atoms with Crippen molar-refractivity contribution >= 4 is 0 Å². The molecular formula is C20H19FN4O. The molecule has 5 nitrogen and oxygen atoms in total. The smallest absolute Gasteiger partial charge is 0.251 e. The molecule has 0 saturated carbocycles. The Kier molecular flexibility index (Phi) is 4.58. The molecule has 1 saturated heterocycles. The molecule has 2 aromatic heterocycles. The van der Waals surface area contributed by atoms with E-state index in [9.17, 15) is 9.18 Å². The first-order valence-corrected chi connectivity index (χ1v) is 8.67. The third-order valence-corrected chi connectivity index (χ3v) is 4.65. The summed E-state index contributed by atoms with van der Waals surface area (Å²) in [7, 11) is 0. The van der Waals surface area contributed by atoms with E-state index in [1.807, 2.05) is 24.3 Å². The zero-order valence-corrected chi connectivity index (χ0v) is 14.2. The van der Waals surface area contributed by atoms with E-state index < -0.39 is 0 Å². The molecule has 3 heterocycles. The van der Waals surface area contributed by atoms with Gasteiger partial charge in [0.15, 0.2) is 5.82 Å². The first kappa shape index (κ1) is 16.6. The summed E-state index contributed by atoms with van der Waals surface area (Å²) in [6.45, 7) is 2.40. The molecule has 132 valence electrons. The lowest BCUT2D eigenvalue weighted by molar-refractivity contribution is 0.326. The van der Waals surface area contributed by atoms with Gasteiger partial charge in [0, 0.05) is 31.3 Å². The van der Waals surface area contributed by atoms with Crippen LogP contribution in [0.25, 0.3) is 11.5 Å². The third-order valence-electron chi connectivity index (χ3n) is 4.65. The van der Waals surface area contributed by atoms with E-state index in [-0.39, 0.29) is 17.3 Å². The summed E-state index contributed by atoms with van der Waals surface area (Å²) in [4.78, 5) is 26.0. The fourth-order valence-electron chi connectivity index (χ4n) is 3.42. The maximum atomic E-state index is 13.4. The number of halogens is 1. The molecule has 0 bridgehead atoms. The Balaban J connectivity index is 1.52. The monoisotopic (exact) mass is 350 g/mol. The lowest BCUT2D eigenvalue weighted by atomic mass is 10.0.